The topological polar surface area (TPSA) is 15.3 Å². The first-order valence-electron chi connectivity index (χ1n) is 6.68. The molecule has 2 rings (SSSR count). The van der Waals surface area contributed by atoms with Crippen LogP contribution in [0.3, 0.4) is 0 Å². The van der Waals surface area contributed by atoms with Gasteiger partial charge in [-0.05, 0) is 37.9 Å². The molecule has 2 nitrogen and oxygen atoms in total. The van der Waals surface area contributed by atoms with E-state index in [0.717, 1.165) is 5.92 Å². The van der Waals surface area contributed by atoms with Gasteiger partial charge in [-0.15, -0.1) is 0 Å². The summed E-state index contributed by atoms with van der Waals surface area (Å²) in [5.41, 5.74) is 1.25. The summed E-state index contributed by atoms with van der Waals surface area (Å²) >= 11 is 0. The Morgan fingerprint density at radius 2 is 1.94 bits per heavy atom. The van der Waals surface area contributed by atoms with Crippen LogP contribution in [-0.2, 0) is 0 Å². The summed E-state index contributed by atoms with van der Waals surface area (Å²) in [6.45, 7) is 5.85. The van der Waals surface area contributed by atoms with Crippen molar-refractivity contribution in [2.24, 2.45) is 5.92 Å². The highest BCUT2D eigenvalue weighted by Crippen LogP contribution is 2.24. The van der Waals surface area contributed by atoms with Gasteiger partial charge in [-0.25, -0.2) is 0 Å². The van der Waals surface area contributed by atoms with Crippen LogP contribution in [0.5, 0.6) is 0 Å². The number of nitrogens with zero attached hydrogens (tertiary/aromatic N) is 1. The highest BCUT2D eigenvalue weighted by atomic mass is 15.2. The van der Waals surface area contributed by atoms with Crippen molar-refractivity contribution in [2.75, 3.05) is 18.9 Å². The van der Waals surface area contributed by atoms with Gasteiger partial charge in [-0.3, -0.25) is 0 Å². The van der Waals surface area contributed by atoms with Gasteiger partial charge in [-0.2, -0.15) is 0 Å². The predicted molar refractivity (Wildman–Crippen MR) is 74.3 cm³/mol. The zero-order valence-corrected chi connectivity index (χ0v) is 11.2. The highest BCUT2D eigenvalue weighted by Gasteiger charge is 2.27. The summed E-state index contributed by atoms with van der Waals surface area (Å²) in [6.07, 6.45) is 2.50. The fourth-order valence-corrected chi connectivity index (χ4v) is 2.80. The maximum Gasteiger partial charge on any atom is 0.0342 e. The zero-order valence-electron chi connectivity index (χ0n) is 11.2. The lowest BCUT2D eigenvalue weighted by atomic mass is 9.90. The molecular weight excluding hydrogens is 208 g/mol. The third-order valence-electron chi connectivity index (χ3n) is 3.84. The smallest absolute Gasteiger partial charge is 0.0342 e. The quantitative estimate of drug-likeness (QED) is 0.861. The van der Waals surface area contributed by atoms with Crippen LogP contribution in [-0.4, -0.2) is 30.6 Å². The molecule has 1 aromatic rings. The van der Waals surface area contributed by atoms with Crippen LogP contribution in [0.4, 0.5) is 5.69 Å². The zero-order chi connectivity index (χ0) is 12.3. The highest BCUT2D eigenvalue weighted by molar-refractivity contribution is 5.43. The van der Waals surface area contributed by atoms with Crippen molar-refractivity contribution in [1.82, 2.24) is 4.90 Å². The molecule has 0 unspecified atom stereocenters. The Balaban J connectivity index is 1.95. The van der Waals surface area contributed by atoms with Gasteiger partial charge >= 0.3 is 0 Å². The number of benzene rings is 1. The fraction of sp³-hybridized carbons (Fsp3) is 0.600. The lowest BCUT2D eigenvalue weighted by molar-refractivity contribution is 0.136. The number of para-hydroxylation sites is 1. The van der Waals surface area contributed by atoms with Gasteiger partial charge in [0.1, 0.15) is 0 Å². The van der Waals surface area contributed by atoms with Crippen molar-refractivity contribution >= 4 is 5.69 Å². The summed E-state index contributed by atoms with van der Waals surface area (Å²) in [7, 11) is 2.25. The Labute approximate surface area is 105 Å². The SMILES string of the molecule is CC(C)[C@@H]1C[C@H](Nc2ccccc2)CCN1C. The molecule has 1 fully saturated rings. The standard InChI is InChI=1S/C15H24N2/c1-12(2)15-11-14(9-10-17(15)3)16-13-7-5-4-6-8-13/h4-8,12,14-16H,9-11H2,1-3H3/t14-,15+/m1/s1. The second kappa shape index (κ2) is 5.54. The van der Waals surface area contributed by atoms with Crippen LogP contribution >= 0.6 is 0 Å². The monoisotopic (exact) mass is 232 g/mol. The summed E-state index contributed by atoms with van der Waals surface area (Å²) in [4.78, 5) is 2.51. The summed E-state index contributed by atoms with van der Waals surface area (Å²) in [5.74, 6) is 0.736. The van der Waals surface area contributed by atoms with Crippen LogP contribution in [0.15, 0.2) is 30.3 Å². The van der Waals surface area contributed by atoms with Crippen molar-refractivity contribution in [3.05, 3.63) is 30.3 Å². The van der Waals surface area contributed by atoms with E-state index in [1.165, 1.54) is 25.1 Å². The molecule has 1 aromatic carbocycles. The van der Waals surface area contributed by atoms with Crippen LogP contribution in [0.25, 0.3) is 0 Å². The number of hydrogen-bond acceptors (Lipinski definition) is 2. The van der Waals surface area contributed by atoms with Gasteiger partial charge in [0.2, 0.25) is 0 Å². The van der Waals surface area contributed by atoms with E-state index in [0.29, 0.717) is 12.1 Å². The van der Waals surface area contributed by atoms with Crippen molar-refractivity contribution < 1.29 is 0 Å². The van der Waals surface area contributed by atoms with Gasteiger partial charge in [0.25, 0.3) is 0 Å². The number of rotatable bonds is 3. The molecule has 1 aliphatic rings. The third-order valence-corrected chi connectivity index (χ3v) is 3.84. The van der Waals surface area contributed by atoms with E-state index in [4.69, 9.17) is 0 Å². The minimum Gasteiger partial charge on any atom is -0.382 e. The Hall–Kier alpha value is -1.02. The molecule has 0 aromatic heterocycles. The van der Waals surface area contributed by atoms with E-state index in [-0.39, 0.29) is 0 Å². The van der Waals surface area contributed by atoms with Crippen LogP contribution in [0.1, 0.15) is 26.7 Å². The Bertz CT molecular complexity index is 334. The summed E-state index contributed by atoms with van der Waals surface area (Å²) < 4.78 is 0. The normalized spacial score (nSPS) is 26.1. The molecule has 1 saturated heterocycles. The Morgan fingerprint density at radius 3 is 2.59 bits per heavy atom. The Morgan fingerprint density at radius 1 is 1.24 bits per heavy atom. The van der Waals surface area contributed by atoms with Gasteiger partial charge in [-0.1, -0.05) is 32.0 Å². The van der Waals surface area contributed by atoms with Crippen molar-refractivity contribution in [1.29, 1.82) is 0 Å². The second-order valence-electron chi connectivity index (χ2n) is 5.52. The molecule has 2 heteroatoms. The van der Waals surface area contributed by atoms with E-state index in [1.807, 2.05) is 0 Å². The maximum absolute atomic E-state index is 3.66. The first-order valence-corrected chi connectivity index (χ1v) is 6.68. The molecular formula is C15H24N2. The molecule has 1 aliphatic heterocycles. The molecule has 17 heavy (non-hydrogen) atoms. The third kappa shape index (κ3) is 3.22. The maximum atomic E-state index is 3.66. The molecule has 0 radical (unpaired) electrons. The van der Waals surface area contributed by atoms with Crippen LogP contribution < -0.4 is 5.32 Å². The van der Waals surface area contributed by atoms with E-state index in [9.17, 15) is 0 Å². The summed E-state index contributed by atoms with van der Waals surface area (Å²) in [5, 5.41) is 3.66. The number of nitrogens with one attached hydrogen (secondary N) is 1. The van der Waals surface area contributed by atoms with Gasteiger partial charge < -0.3 is 10.2 Å². The molecule has 0 saturated carbocycles. The number of piperidine rings is 1. The van der Waals surface area contributed by atoms with Gasteiger partial charge in [0, 0.05) is 24.3 Å². The van der Waals surface area contributed by atoms with E-state index in [1.54, 1.807) is 0 Å². The van der Waals surface area contributed by atoms with E-state index in [2.05, 4.69) is 61.4 Å². The number of likely N-dealkylation sites (tertiary alicyclic amines) is 1. The summed E-state index contributed by atoms with van der Waals surface area (Å²) in [6, 6.07) is 11.9. The van der Waals surface area contributed by atoms with E-state index < -0.39 is 0 Å². The van der Waals surface area contributed by atoms with E-state index >= 15 is 0 Å². The first-order chi connectivity index (χ1) is 8.16. The average molecular weight is 232 g/mol. The van der Waals surface area contributed by atoms with Crippen LogP contribution in [0.2, 0.25) is 0 Å². The molecule has 1 heterocycles. The minimum atomic E-state index is 0.626. The molecule has 0 bridgehead atoms. The van der Waals surface area contributed by atoms with Gasteiger partial charge in [0.05, 0.1) is 0 Å². The lowest BCUT2D eigenvalue weighted by Crippen LogP contribution is -2.46. The predicted octanol–water partition coefficient (Wildman–Crippen LogP) is 3.22. The van der Waals surface area contributed by atoms with Crippen molar-refractivity contribution in [3.63, 3.8) is 0 Å². The second-order valence-corrected chi connectivity index (χ2v) is 5.52. The largest absolute Gasteiger partial charge is 0.382 e. The molecule has 1 N–H and O–H groups in total. The van der Waals surface area contributed by atoms with Crippen molar-refractivity contribution in [2.45, 2.75) is 38.8 Å². The minimum absolute atomic E-state index is 0.626. The number of anilines is 1. The molecule has 94 valence electrons. The fourth-order valence-electron chi connectivity index (χ4n) is 2.80. The molecule has 0 spiro atoms. The molecule has 0 amide bonds. The number of hydrogen-bond donors (Lipinski definition) is 1. The molecule has 2 atom stereocenters. The lowest BCUT2D eigenvalue weighted by Gasteiger charge is -2.40. The van der Waals surface area contributed by atoms with Gasteiger partial charge in [0.15, 0.2) is 0 Å². The first kappa shape index (κ1) is 12.4. The average Bonchev–Trinajstić information content (AvgIpc) is 2.32. The Kier molecular flexibility index (Phi) is 4.06. The van der Waals surface area contributed by atoms with Crippen molar-refractivity contribution in [3.8, 4) is 0 Å². The molecule has 0 aliphatic carbocycles. The van der Waals surface area contributed by atoms with Crippen LogP contribution in [0, 0.1) is 5.92 Å².